The van der Waals surface area contributed by atoms with Gasteiger partial charge in [0.05, 0.1) is 40.9 Å². The Morgan fingerprint density at radius 3 is 2.59 bits per heavy atom. The van der Waals surface area contributed by atoms with E-state index in [4.69, 9.17) is 9.47 Å². The van der Waals surface area contributed by atoms with Gasteiger partial charge in [-0.2, -0.15) is 0 Å². The number of likely N-dealkylation sites (N-methyl/N-ethyl adjacent to an activating group) is 1. The van der Waals surface area contributed by atoms with Crippen molar-refractivity contribution >= 4 is 6.03 Å². The molecule has 1 aliphatic heterocycles. The van der Waals surface area contributed by atoms with Crippen LogP contribution in [0.25, 0.3) is 0 Å². The van der Waals surface area contributed by atoms with Gasteiger partial charge in [0.25, 0.3) is 5.09 Å². The largest absolute Gasteiger partial charge is 0.493 e. The number of likely N-dealkylation sites (tertiary alicyclic amines) is 1. The molecule has 1 aromatic rings. The first kappa shape index (κ1) is 25.5. The van der Waals surface area contributed by atoms with Gasteiger partial charge in [0.1, 0.15) is 19.3 Å². The van der Waals surface area contributed by atoms with Gasteiger partial charge in [-0.25, -0.2) is 4.79 Å². The SMILES string of the molecule is COc1ccccc1OCC(O)C[N+](C)(C)CCNC(=O)N1CCC(CO[N+](=O)[O-])CC1. The quantitative estimate of drug-likeness (QED) is 0.275. The molecule has 1 heterocycles. The van der Waals surface area contributed by atoms with E-state index >= 15 is 0 Å². The van der Waals surface area contributed by atoms with Gasteiger partial charge in [0.15, 0.2) is 11.5 Å². The van der Waals surface area contributed by atoms with Crippen molar-refractivity contribution in [2.24, 2.45) is 5.92 Å². The molecule has 1 saturated heterocycles. The predicted octanol–water partition coefficient (Wildman–Crippen LogP) is 1.14. The summed E-state index contributed by atoms with van der Waals surface area (Å²) in [5, 5.41) is 22.8. The molecular weight excluding hydrogens is 420 g/mol. The first-order valence-corrected chi connectivity index (χ1v) is 10.8. The number of carbonyl (C=O) groups is 1. The third-order valence-corrected chi connectivity index (χ3v) is 5.52. The summed E-state index contributed by atoms with van der Waals surface area (Å²) in [7, 11) is 5.54. The van der Waals surface area contributed by atoms with E-state index in [0.717, 1.165) is 0 Å². The molecule has 1 atom stereocenters. The molecule has 0 spiro atoms. The van der Waals surface area contributed by atoms with E-state index in [2.05, 4.69) is 10.2 Å². The van der Waals surface area contributed by atoms with Crippen molar-refractivity contribution in [1.29, 1.82) is 0 Å². The van der Waals surface area contributed by atoms with E-state index < -0.39 is 11.2 Å². The van der Waals surface area contributed by atoms with Crippen LogP contribution in [0.4, 0.5) is 4.79 Å². The van der Waals surface area contributed by atoms with E-state index in [1.54, 1.807) is 24.1 Å². The number of aliphatic hydroxyl groups is 1. The number of nitrogens with zero attached hydrogens (tertiary/aromatic N) is 3. The molecule has 1 aromatic carbocycles. The Bertz CT molecular complexity index is 739. The average molecular weight is 456 g/mol. The van der Waals surface area contributed by atoms with E-state index in [1.807, 2.05) is 26.2 Å². The van der Waals surface area contributed by atoms with Gasteiger partial charge in [-0.05, 0) is 30.9 Å². The Kier molecular flexibility index (Phi) is 9.79. The second-order valence-corrected chi connectivity index (χ2v) is 8.64. The standard InChI is InChI=1S/C21H34N4O7/c1-25(2,14-18(26)16-31-20-7-5-4-6-19(20)30-3)13-10-22-21(27)23-11-8-17(9-12-23)15-32-24(28)29/h4-7,17-18,26H,8-16H2,1-3H3/p+1. The van der Waals surface area contributed by atoms with Crippen molar-refractivity contribution < 1.29 is 33.8 Å². The third-order valence-electron chi connectivity index (χ3n) is 5.52. The second kappa shape index (κ2) is 12.3. The number of carbonyl (C=O) groups excluding carboxylic acids is 1. The summed E-state index contributed by atoms with van der Waals surface area (Å²) in [6, 6.07) is 7.14. The van der Waals surface area contributed by atoms with Gasteiger partial charge in [0, 0.05) is 13.1 Å². The Hall–Kier alpha value is -2.79. The van der Waals surface area contributed by atoms with Crippen molar-refractivity contribution in [2.45, 2.75) is 18.9 Å². The molecule has 180 valence electrons. The number of urea groups is 1. The smallest absolute Gasteiger partial charge is 0.317 e. The fourth-order valence-corrected chi connectivity index (χ4v) is 3.68. The molecule has 2 amide bonds. The van der Waals surface area contributed by atoms with Crippen LogP contribution in [0.15, 0.2) is 24.3 Å². The zero-order valence-electron chi connectivity index (χ0n) is 19.1. The van der Waals surface area contributed by atoms with Crippen LogP contribution in [0.5, 0.6) is 11.5 Å². The van der Waals surface area contributed by atoms with Gasteiger partial charge in [-0.3, -0.25) is 0 Å². The minimum absolute atomic E-state index is 0.0806. The number of hydrogen-bond acceptors (Lipinski definition) is 7. The van der Waals surface area contributed by atoms with Gasteiger partial charge < -0.3 is 34.1 Å². The predicted molar refractivity (Wildman–Crippen MR) is 117 cm³/mol. The van der Waals surface area contributed by atoms with Gasteiger partial charge >= 0.3 is 6.03 Å². The van der Waals surface area contributed by atoms with E-state index in [-0.39, 0.29) is 25.2 Å². The highest BCUT2D eigenvalue weighted by Crippen LogP contribution is 2.25. The number of benzene rings is 1. The lowest BCUT2D eigenvalue weighted by atomic mass is 9.98. The molecule has 2 rings (SSSR count). The van der Waals surface area contributed by atoms with E-state index in [0.29, 0.717) is 61.5 Å². The molecule has 32 heavy (non-hydrogen) atoms. The minimum Gasteiger partial charge on any atom is -0.493 e. The number of piperidine rings is 1. The number of para-hydroxylation sites is 2. The summed E-state index contributed by atoms with van der Waals surface area (Å²) < 4.78 is 11.4. The Morgan fingerprint density at radius 2 is 1.97 bits per heavy atom. The Labute approximate surface area is 188 Å². The van der Waals surface area contributed by atoms with Crippen molar-refractivity contribution in [3.05, 3.63) is 34.4 Å². The Balaban J connectivity index is 1.66. The van der Waals surface area contributed by atoms with E-state index in [1.165, 1.54) is 0 Å². The molecule has 11 nitrogen and oxygen atoms in total. The number of amides is 2. The molecular formula is C21H35N4O7+. The van der Waals surface area contributed by atoms with Crippen LogP contribution in [-0.2, 0) is 4.84 Å². The Morgan fingerprint density at radius 1 is 1.31 bits per heavy atom. The normalized spacial score (nSPS) is 15.7. The number of rotatable bonds is 12. The molecule has 0 bridgehead atoms. The van der Waals surface area contributed by atoms with E-state index in [9.17, 15) is 20.0 Å². The molecule has 1 aliphatic rings. The molecule has 2 N–H and O–H groups in total. The first-order chi connectivity index (χ1) is 15.2. The summed E-state index contributed by atoms with van der Waals surface area (Å²) in [6.07, 6.45) is 0.689. The fraction of sp³-hybridized carbons (Fsp3) is 0.667. The minimum atomic E-state index is -0.777. The number of nitrogens with one attached hydrogen (secondary N) is 1. The lowest BCUT2D eigenvalue weighted by Crippen LogP contribution is -2.52. The van der Waals surface area contributed by atoms with Crippen LogP contribution in [0.3, 0.4) is 0 Å². The molecule has 0 aromatic heterocycles. The highest BCUT2D eigenvalue weighted by atomic mass is 16.9. The van der Waals surface area contributed by atoms with Crippen LogP contribution in [0.1, 0.15) is 12.8 Å². The summed E-state index contributed by atoms with van der Waals surface area (Å²) in [4.78, 5) is 28.8. The highest BCUT2D eigenvalue weighted by Gasteiger charge is 2.25. The zero-order chi connectivity index (χ0) is 23.6. The molecule has 1 fully saturated rings. The summed E-state index contributed by atoms with van der Waals surface area (Å²) >= 11 is 0. The number of ether oxygens (including phenoxy) is 2. The van der Waals surface area contributed by atoms with Crippen molar-refractivity contribution in [3.63, 3.8) is 0 Å². The lowest BCUT2D eigenvalue weighted by molar-refractivity contribution is -0.892. The van der Waals surface area contributed by atoms with Crippen LogP contribution >= 0.6 is 0 Å². The average Bonchev–Trinajstić information content (AvgIpc) is 2.76. The molecule has 0 saturated carbocycles. The fourth-order valence-electron chi connectivity index (χ4n) is 3.68. The first-order valence-electron chi connectivity index (χ1n) is 10.8. The molecule has 0 radical (unpaired) electrons. The molecule has 0 aliphatic carbocycles. The van der Waals surface area contributed by atoms with Crippen molar-refractivity contribution in [2.75, 3.05) is 67.1 Å². The van der Waals surface area contributed by atoms with Crippen LogP contribution < -0.4 is 14.8 Å². The van der Waals surface area contributed by atoms with Crippen LogP contribution in [-0.4, -0.2) is 98.9 Å². The maximum Gasteiger partial charge on any atom is 0.317 e. The maximum atomic E-state index is 12.4. The van der Waals surface area contributed by atoms with Crippen molar-refractivity contribution in [1.82, 2.24) is 10.2 Å². The number of aliphatic hydroxyl groups excluding tert-OH is 1. The van der Waals surface area contributed by atoms with Gasteiger partial charge in [0.2, 0.25) is 0 Å². The number of hydrogen-bond donors (Lipinski definition) is 2. The van der Waals surface area contributed by atoms with Crippen LogP contribution in [0, 0.1) is 16.0 Å². The zero-order valence-corrected chi connectivity index (χ0v) is 19.1. The monoisotopic (exact) mass is 455 g/mol. The molecule has 11 heteroatoms. The third kappa shape index (κ3) is 8.75. The maximum absolute atomic E-state index is 12.4. The number of methoxy groups -OCH3 is 1. The lowest BCUT2D eigenvalue weighted by Gasteiger charge is -2.33. The highest BCUT2D eigenvalue weighted by molar-refractivity contribution is 5.74. The summed E-state index contributed by atoms with van der Waals surface area (Å²) in [5.74, 6) is 1.30. The van der Waals surface area contributed by atoms with Gasteiger partial charge in [-0.15, -0.1) is 10.1 Å². The topological polar surface area (TPSA) is 123 Å². The number of quaternary nitrogens is 1. The van der Waals surface area contributed by atoms with Crippen LogP contribution in [0.2, 0.25) is 0 Å². The van der Waals surface area contributed by atoms with Gasteiger partial charge in [-0.1, -0.05) is 12.1 Å². The second-order valence-electron chi connectivity index (χ2n) is 8.64. The van der Waals surface area contributed by atoms with Crippen molar-refractivity contribution in [3.8, 4) is 11.5 Å². The summed E-state index contributed by atoms with van der Waals surface area (Å²) in [5.41, 5.74) is 0. The summed E-state index contributed by atoms with van der Waals surface area (Å²) in [6.45, 7) is 2.90. The molecule has 1 unspecified atom stereocenters.